The van der Waals surface area contributed by atoms with Crippen molar-refractivity contribution in [2.75, 3.05) is 13.1 Å². The molecule has 1 saturated heterocycles. The van der Waals surface area contributed by atoms with Crippen molar-refractivity contribution in [2.45, 2.75) is 25.0 Å². The van der Waals surface area contributed by atoms with Crippen molar-refractivity contribution in [1.82, 2.24) is 4.90 Å². The number of hydrogen-bond donors (Lipinski definition) is 1. The van der Waals surface area contributed by atoms with E-state index in [9.17, 15) is 9.18 Å². The highest BCUT2D eigenvalue weighted by atomic mass is 19.1. The number of halogens is 1. The van der Waals surface area contributed by atoms with Crippen molar-refractivity contribution < 1.29 is 13.9 Å². The minimum Gasteiger partial charge on any atom is -0.478 e. The number of nitrogens with zero attached hydrogens (tertiary/aromatic N) is 1. The van der Waals surface area contributed by atoms with Crippen molar-refractivity contribution >= 4 is 5.91 Å². The second kappa shape index (κ2) is 7.01. The van der Waals surface area contributed by atoms with E-state index in [1.54, 1.807) is 24.0 Å². The molecule has 24 heavy (non-hydrogen) atoms. The highest BCUT2D eigenvalue weighted by Crippen LogP contribution is 2.27. The predicted octanol–water partition coefficient (Wildman–Crippen LogP) is 2.55. The molecule has 3 atom stereocenters. The third-order valence-corrected chi connectivity index (χ3v) is 4.39. The lowest BCUT2D eigenvalue weighted by Crippen LogP contribution is -2.40. The van der Waals surface area contributed by atoms with Crippen molar-refractivity contribution in [3.8, 4) is 5.75 Å². The van der Waals surface area contributed by atoms with E-state index in [0.717, 1.165) is 5.56 Å². The SMILES string of the molecule is CC(Oc1ccccc1F)C(=O)N1C[C@@H](N)[C@H](c2ccccc2)C1. The Morgan fingerprint density at radius 3 is 2.54 bits per heavy atom. The van der Waals surface area contributed by atoms with Crippen LogP contribution in [-0.2, 0) is 4.79 Å². The first-order chi connectivity index (χ1) is 11.6. The van der Waals surface area contributed by atoms with Gasteiger partial charge in [0.25, 0.3) is 5.91 Å². The van der Waals surface area contributed by atoms with E-state index in [1.807, 2.05) is 30.3 Å². The van der Waals surface area contributed by atoms with Crippen molar-refractivity contribution in [1.29, 1.82) is 0 Å². The van der Waals surface area contributed by atoms with Gasteiger partial charge in [-0.3, -0.25) is 4.79 Å². The van der Waals surface area contributed by atoms with E-state index in [4.69, 9.17) is 10.5 Å². The third kappa shape index (κ3) is 3.41. The quantitative estimate of drug-likeness (QED) is 0.938. The van der Waals surface area contributed by atoms with Crippen LogP contribution in [0, 0.1) is 5.82 Å². The van der Waals surface area contributed by atoms with Crippen molar-refractivity contribution in [2.24, 2.45) is 5.73 Å². The summed E-state index contributed by atoms with van der Waals surface area (Å²) in [6.07, 6.45) is -0.761. The number of carbonyl (C=O) groups excluding carboxylic acids is 1. The molecular formula is C19H21FN2O2. The van der Waals surface area contributed by atoms with Crippen LogP contribution >= 0.6 is 0 Å². The van der Waals surface area contributed by atoms with E-state index in [2.05, 4.69) is 0 Å². The molecule has 4 nitrogen and oxygen atoms in total. The molecule has 0 bridgehead atoms. The molecule has 0 aromatic heterocycles. The second-order valence-electron chi connectivity index (χ2n) is 6.11. The number of para-hydroxylation sites is 1. The molecule has 1 aliphatic rings. The largest absolute Gasteiger partial charge is 0.478 e. The van der Waals surface area contributed by atoms with Gasteiger partial charge in [-0.25, -0.2) is 4.39 Å². The number of ether oxygens (including phenoxy) is 1. The minimum atomic E-state index is -0.761. The molecular weight excluding hydrogens is 307 g/mol. The summed E-state index contributed by atoms with van der Waals surface area (Å²) >= 11 is 0. The molecule has 0 saturated carbocycles. The van der Waals surface area contributed by atoms with E-state index in [1.165, 1.54) is 12.1 Å². The van der Waals surface area contributed by atoms with Crippen LogP contribution in [0.2, 0.25) is 0 Å². The molecule has 2 aromatic rings. The molecule has 3 rings (SSSR count). The summed E-state index contributed by atoms with van der Waals surface area (Å²) in [4.78, 5) is 14.3. The number of likely N-dealkylation sites (tertiary alicyclic amines) is 1. The van der Waals surface area contributed by atoms with Crippen LogP contribution in [0.4, 0.5) is 4.39 Å². The van der Waals surface area contributed by atoms with E-state index >= 15 is 0 Å². The maximum Gasteiger partial charge on any atom is 0.263 e. The summed E-state index contributed by atoms with van der Waals surface area (Å²) in [5.41, 5.74) is 7.35. The number of nitrogens with two attached hydrogens (primary N) is 1. The Labute approximate surface area is 141 Å². The van der Waals surface area contributed by atoms with E-state index in [0.29, 0.717) is 13.1 Å². The lowest BCUT2D eigenvalue weighted by molar-refractivity contribution is -0.137. The number of benzene rings is 2. The first-order valence-electron chi connectivity index (χ1n) is 8.06. The number of rotatable bonds is 4. The number of carbonyl (C=O) groups is 1. The summed E-state index contributed by atoms with van der Waals surface area (Å²) in [5.74, 6) is -0.457. The standard InChI is InChI=1S/C19H21FN2O2/c1-13(24-18-10-6-5-9-16(18)20)19(23)22-11-15(17(21)12-22)14-7-3-2-4-8-14/h2-10,13,15,17H,11-12,21H2,1H3/t13?,15-,17+/m0/s1. The first kappa shape index (κ1) is 16.5. The Bertz CT molecular complexity index is 708. The van der Waals surface area contributed by atoms with Gasteiger partial charge < -0.3 is 15.4 Å². The fourth-order valence-electron chi connectivity index (χ4n) is 3.10. The Balaban J connectivity index is 1.66. The van der Waals surface area contributed by atoms with Crippen LogP contribution in [-0.4, -0.2) is 36.0 Å². The fraction of sp³-hybridized carbons (Fsp3) is 0.316. The molecule has 2 aromatic carbocycles. The molecule has 1 aliphatic heterocycles. The minimum absolute atomic E-state index is 0.0847. The first-order valence-corrected chi connectivity index (χ1v) is 8.06. The molecule has 126 valence electrons. The van der Waals surface area contributed by atoms with Crippen LogP contribution in [0.3, 0.4) is 0 Å². The number of hydrogen-bond acceptors (Lipinski definition) is 3. The van der Waals surface area contributed by atoms with Gasteiger partial charge in [0, 0.05) is 25.0 Å². The summed E-state index contributed by atoms with van der Waals surface area (Å²) < 4.78 is 19.2. The summed E-state index contributed by atoms with van der Waals surface area (Å²) in [6.45, 7) is 2.66. The van der Waals surface area contributed by atoms with Gasteiger partial charge >= 0.3 is 0 Å². The molecule has 1 unspecified atom stereocenters. The fourth-order valence-corrected chi connectivity index (χ4v) is 3.10. The number of amides is 1. The lowest BCUT2D eigenvalue weighted by Gasteiger charge is -2.22. The molecule has 1 amide bonds. The van der Waals surface area contributed by atoms with Gasteiger partial charge in [-0.05, 0) is 24.6 Å². The zero-order chi connectivity index (χ0) is 17.1. The van der Waals surface area contributed by atoms with Crippen LogP contribution in [0.25, 0.3) is 0 Å². The predicted molar refractivity (Wildman–Crippen MR) is 90.2 cm³/mol. The Kier molecular flexibility index (Phi) is 4.81. The van der Waals surface area contributed by atoms with Gasteiger partial charge in [0.2, 0.25) is 0 Å². The maximum absolute atomic E-state index is 13.7. The van der Waals surface area contributed by atoms with Gasteiger partial charge in [0.15, 0.2) is 17.7 Å². The Hall–Kier alpha value is -2.40. The molecule has 5 heteroatoms. The average Bonchev–Trinajstić information content (AvgIpc) is 2.98. The molecule has 2 N–H and O–H groups in total. The molecule has 0 spiro atoms. The smallest absolute Gasteiger partial charge is 0.263 e. The topological polar surface area (TPSA) is 55.6 Å². The zero-order valence-electron chi connectivity index (χ0n) is 13.6. The summed E-state index contributed by atoms with van der Waals surface area (Å²) in [7, 11) is 0. The van der Waals surface area contributed by atoms with Crippen molar-refractivity contribution in [3.63, 3.8) is 0 Å². The van der Waals surface area contributed by atoms with E-state index < -0.39 is 11.9 Å². The lowest BCUT2D eigenvalue weighted by atomic mass is 9.95. The molecule has 0 radical (unpaired) electrons. The van der Waals surface area contributed by atoms with Crippen LogP contribution in [0.15, 0.2) is 54.6 Å². The Morgan fingerprint density at radius 1 is 1.17 bits per heavy atom. The second-order valence-corrected chi connectivity index (χ2v) is 6.11. The average molecular weight is 328 g/mol. The van der Waals surface area contributed by atoms with Gasteiger partial charge in [-0.15, -0.1) is 0 Å². The van der Waals surface area contributed by atoms with Crippen molar-refractivity contribution in [3.05, 3.63) is 66.0 Å². The normalized spacial score (nSPS) is 21.5. The zero-order valence-corrected chi connectivity index (χ0v) is 13.6. The van der Waals surface area contributed by atoms with Gasteiger partial charge in [0.1, 0.15) is 0 Å². The third-order valence-electron chi connectivity index (χ3n) is 4.39. The van der Waals surface area contributed by atoms with Gasteiger partial charge in [0.05, 0.1) is 0 Å². The molecule has 1 heterocycles. The van der Waals surface area contributed by atoms with Crippen LogP contribution < -0.4 is 10.5 Å². The van der Waals surface area contributed by atoms with Gasteiger partial charge in [-0.2, -0.15) is 0 Å². The molecule has 0 aliphatic carbocycles. The monoisotopic (exact) mass is 328 g/mol. The molecule has 1 fully saturated rings. The van der Waals surface area contributed by atoms with Gasteiger partial charge in [-0.1, -0.05) is 42.5 Å². The van der Waals surface area contributed by atoms with E-state index in [-0.39, 0.29) is 23.6 Å². The summed E-state index contributed by atoms with van der Waals surface area (Å²) in [6, 6.07) is 15.9. The summed E-state index contributed by atoms with van der Waals surface area (Å²) in [5, 5.41) is 0. The highest BCUT2D eigenvalue weighted by molar-refractivity contribution is 5.81. The Morgan fingerprint density at radius 2 is 1.83 bits per heavy atom. The van der Waals surface area contributed by atoms with Crippen LogP contribution in [0.5, 0.6) is 5.75 Å². The maximum atomic E-state index is 13.7. The van der Waals surface area contributed by atoms with Crippen LogP contribution in [0.1, 0.15) is 18.4 Å². The highest BCUT2D eigenvalue weighted by Gasteiger charge is 2.36.